The molecule has 132 valence electrons. The van der Waals surface area contributed by atoms with Crippen LogP contribution in [0.5, 0.6) is 0 Å². The summed E-state index contributed by atoms with van der Waals surface area (Å²) < 4.78 is 4.90. The highest BCUT2D eigenvalue weighted by atomic mass is 16.5. The predicted molar refractivity (Wildman–Crippen MR) is 97.5 cm³/mol. The highest BCUT2D eigenvalue weighted by Gasteiger charge is 2.09. The minimum atomic E-state index is -0.322. The Kier molecular flexibility index (Phi) is 4.93. The number of benzene rings is 1. The van der Waals surface area contributed by atoms with Crippen LogP contribution in [0, 0.1) is 6.92 Å². The Labute approximate surface area is 149 Å². The lowest BCUT2D eigenvalue weighted by molar-refractivity contribution is -0.114. The van der Waals surface area contributed by atoms with Gasteiger partial charge in [-0.3, -0.25) is 9.59 Å². The number of hydrogen-bond donors (Lipinski definition) is 3. The van der Waals surface area contributed by atoms with Gasteiger partial charge in [-0.15, -0.1) is 0 Å². The molecule has 8 heteroatoms. The van der Waals surface area contributed by atoms with Gasteiger partial charge in [-0.05, 0) is 43.3 Å². The van der Waals surface area contributed by atoms with Crippen molar-refractivity contribution in [1.29, 1.82) is 0 Å². The zero-order valence-electron chi connectivity index (χ0n) is 14.2. The van der Waals surface area contributed by atoms with Gasteiger partial charge < -0.3 is 20.5 Å². The molecule has 0 saturated carbocycles. The molecular weight excluding hydrogens is 334 g/mol. The van der Waals surface area contributed by atoms with Gasteiger partial charge in [0.1, 0.15) is 11.6 Å². The van der Waals surface area contributed by atoms with Crippen molar-refractivity contribution in [3.8, 4) is 0 Å². The molecule has 3 aromatic rings. The smallest absolute Gasteiger partial charge is 0.258 e. The SMILES string of the molecule is CC(=O)Nc1ccc(Nc2ccc(C(=O)Nc3cc(C)on3)cn2)cc1. The first kappa shape index (κ1) is 17.2. The third-order valence-electron chi connectivity index (χ3n) is 3.37. The molecule has 3 N–H and O–H groups in total. The Morgan fingerprint density at radius 1 is 0.962 bits per heavy atom. The number of aryl methyl sites for hydroxylation is 1. The van der Waals surface area contributed by atoms with Crippen molar-refractivity contribution in [3.05, 3.63) is 60.0 Å². The largest absolute Gasteiger partial charge is 0.360 e. The summed E-state index contributed by atoms with van der Waals surface area (Å²) in [5, 5.41) is 12.2. The molecule has 3 rings (SSSR count). The first-order chi connectivity index (χ1) is 12.5. The monoisotopic (exact) mass is 351 g/mol. The fraction of sp³-hybridized carbons (Fsp3) is 0.111. The van der Waals surface area contributed by atoms with Crippen LogP contribution in [-0.4, -0.2) is 22.0 Å². The Bertz CT molecular complexity index is 917. The molecule has 2 amide bonds. The first-order valence-electron chi connectivity index (χ1n) is 7.85. The van der Waals surface area contributed by atoms with Gasteiger partial charge in [0.05, 0.1) is 5.56 Å². The number of carbonyl (C=O) groups excluding carboxylic acids is 2. The number of amides is 2. The molecule has 0 aliphatic carbocycles. The number of rotatable bonds is 5. The van der Waals surface area contributed by atoms with E-state index in [-0.39, 0.29) is 11.8 Å². The second kappa shape index (κ2) is 7.47. The molecule has 0 aliphatic heterocycles. The molecule has 0 spiro atoms. The van der Waals surface area contributed by atoms with Crippen molar-refractivity contribution in [2.75, 3.05) is 16.0 Å². The molecular formula is C18H17N5O3. The number of hydrogen-bond acceptors (Lipinski definition) is 6. The first-order valence-corrected chi connectivity index (χ1v) is 7.85. The summed E-state index contributed by atoms with van der Waals surface area (Å²) in [6.07, 6.45) is 1.47. The van der Waals surface area contributed by atoms with E-state index in [1.165, 1.54) is 13.1 Å². The molecule has 0 aliphatic rings. The Hall–Kier alpha value is -3.68. The average Bonchev–Trinajstić information content (AvgIpc) is 3.01. The highest BCUT2D eigenvalue weighted by Crippen LogP contribution is 2.18. The van der Waals surface area contributed by atoms with Crippen molar-refractivity contribution in [2.45, 2.75) is 13.8 Å². The van der Waals surface area contributed by atoms with Crippen molar-refractivity contribution >= 4 is 34.8 Å². The third kappa shape index (κ3) is 4.44. The standard InChI is InChI=1S/C18H17N5O3/c1-11-9-17(23-26-11)22-18(25)13-3-8-16(19-10-13)21-15-6-4-14(5-7-15)20-12(2)24/h3-10H,1-2H3,(H,19,21)(H,20,24)(H,22,23,25). The average molecular weight is 351 g/mol. The normalized spacial score (nSPS) is 10.2. The molecule has 2 aromatic heterocycles. The molecule has 0 fully saturated rings. The van der Waals surface area contributed by atoms with Crippen LogP contribution in [-0.2, 0) is 4.79 Å². The summed E-state index contributed by atoms with van der Waals surface area (Å²) >= 11 is 0. The van der Waals surface area contributed by atoms with E-state index in [0.29, 0.717) is 28.6 Å². The summed E-state index contributed by atoms with van der Waals surface area (Å²) in [4.78, 5) is 27.4. The van der Waals surface area contributed by atoms with Gasteiger partial charge in [0, 0.05) is 30.6 Å². The highest BCUT2D eigenvalue weighted by molar-refractivity contribution is 6.03. The summed E-state index contributed by atoms with van der Waals surface area (Å²) in [6.45, 7) is 3.20. The van der Waals surface area contributed by atoms with E-state index in [4.69, 9.17) is 4.52 Å². The quantitative estimate of drug-likeness (QED) is 0.650. The molecule has 0 bridgehead atoms. The zero-order valence-corrected chi connectivity index (χ0v) is 14.2. The maximum atomic E-state index is 12.1. The van der Waals surface area contributed by atoms with Crippen LogP contribution in [0.3, 0.4) is 0 Å². The van der Waals surface area contributed by atoms with Crippen LogP contribution in [0.15, 0.2) is 53.2 Å². The van der Waals surface area contributed by atoms with Gasteiger partial charge in [-0.25, -0.2) is 4.98 Å². The van der Waals surface area contributed by atoms with Gasteiger partial charge >= 0.3 is 0 Å². The molecule has 0 unspecified atom stereocenters. The maximum Gasteiger partial charge on any atom is 0.258 e. The fourth-order valence-corrected chi connectivity index (χ4v) is 2.20. The lowest BCUT2D eigenvalue weighted by Gasteiger charge is -2.08. The number of anilines is 4. The van der Waals surface area contributed by atoms with Crippen molar-refractivity contribution in [2.24, 2.45) is 0 Å². The fourth-order valence-electron chi connectivity index (χ4n) is 2.20. The van der Waals surface area contributed by atoms with Gasteiger partial charge in [0.15, 0.2) is 5.82 Å². The van der Waals surface area contributed by atoms with Crippen LogP contribution in [0.25, 0.3) is 0 Å². The Morgan fingerprint density at radius 2 is 1.69 bits per heavy atom. The van der Waals surface area contributed by atoms with Crippen molar-refractivity contribution in [3.63, 3.8) is 0 Å². The molecule has 0 atom stereocenters. The van der Waals surface area contributed by atoms with Gasteiger partial charge in [0.25, 0.3) is 5.91 Å². The molecule has 26 heavy (non-hydrogen) atoms. The van der Waals surface area contributed by atoms with Crippen molar-refractivity contribution in [1.82, 2.24) is 10.1 Å². The molecule has 2 heterocycles. The number of aromatic nitrogens is 2. The summed E-state index contributed by atoms with van der Waals surface area (Å²) in [6, 6.07) is 12.2. The second-order valence-corrected chi connectivity index (χ2v) is 5.59. The minimum absolute atomic E-state index is 0.123. The zero-order chi connectivity index (χ0) is 18.5. The third-order valence-corrected chi connectivity index (χ3v) is 3.37. The van der Waals surface area contributed by atoms with E-state index in [1.54, 1.807) is 37.3 Å². The van der Waals surface area contributed by atoms with Crippen LogP contribution in [0.4, 0.5) is 23.0 Å². The summed E-state index contributed by atoms with van der Waals surface area (Å²) in [7, 11) is 0. The Balaban J connectivity index is 1.62. The lowest BCUT2D eigenvalue weighted by atomic mass is 10.2. The Morgan fingerprint density at radius 3 is 2.27 bits per heavy atom. The van der Waals surface area contributed by atoms with Crippen LogP contribution >= 0.6 is 0 Å². The maximum absolute atomic E-state index is 12.1. The van der Waals surface area contributed by atoms with Crippen molar-refractivity contribution < 1.29 is 14.1 Å². The number of carbonyl (C=O) groups is 2. The van der Waals surface area contributed by atoms with E-state index < -0.39 is 0 Å². The second-order valence-electron chi connectivity index (χ2n) is 5.59. The predicted octanol–water partition coefficient (Wildman–Crippen LogP) is 3.33. The van der Waals surface area contributed by atoms with Gasteiger partial charge in [0.2, 0.25) is 5.91 Å². The molecule has 0 radical (unpaired) electrons. The van der Waals surface area contributed by atoms with Crippen LogP contribution < -0.4 is 16.0 Å². The summed E-state index contributed by atoms with van der Waals surface area (Å²) in [5.41, 5.74) is 1.92. The number of pyridine rings is 1. The van der Waals surface area contributed by atoms with Gasteiger partial charge in [-0.2, -0.15) is 0 Å². The molecule has 0 saturated heterocycles. The lowest BCUT2D eigenvalue weighted by Crippen LogP contribution is -2.12. The van der Waals surface area contributed by atoms with Crippen LogP contribution in [0.1, 0.15) is 23.0 Å². The van der Waals surface area contributed by atoms with E-state index in [2.05, 4.69) is 26.1 Å². The molecule has 1 aromatic carbocycles. The van der Waals surface area contributed by atoms with E-state index in [1.807, 2.05) is 12.1 Å². The van der Waals surface area contributed by atoms with Crippen LogP contribution in [0.2, 0.25) is 0 Å². The van der Waals surface area contributed by atoms with Gasteiger partial charge in [-0.1, -0.05) is 5.16 Å². The molecule has 8 nitrogen and oxygen atoms in total. The van der Waals surface area contributed by atoms with E-state index >= 15 is 0 Å². The topological polar surface area (TPSA) is 109 Å². The summed E-state index contributed by atoms with van der Waals surface area (Å²) in [5.74, 6) is 1.11. The minimum Gasteiger partial charge on any atom is -0.360 e. The number of nitrogens with one attached hydrogen (secondary N) is 3. The number of nitrogens with zero attached hydrogens (tertiary/aromatic N) is 2. The van der Waals surface area contributed by atoms with E-state index in [9.17, 15) is 9.59 Å². The van der Waals surface area contributed by atoms with E-state index in [0.717, 1.165) is 5.69 Å².